The van der Waals surface area contributed by atoms with Crippen molar-refractivity contribution in [3.05, 3.63) is 53.2 Å². The number of phenolic OH excluding ortho intramolecular Hbond substituents is 1. The summed E-state index contributed by atoms with van der Waals surface area (Å²) in [6, 6.07) is 5.18. The normalized spacial score (nSPS) is 20.6. The fraction of sp³-hybridized carbons (Fsp3) is 0.447. The standard InChI is InChI=1S/C34H31F3N6O2.2C2H6/c1-3-22-24(35)7-6-19-13-21(44)14-23(26(19)22)30-28(37)31-27-29(39-30)18(2)12-20-15-38-25(36)16-43(20)32(27)41-33(40-31)45-17-34-8-4-10-42(34)11-5-9-34;2*1-2/h1,6-7,12-14,20,25,38,44H,4-5,8-11,15-17H2,2H3;2*1-2H3. The molecule has 6 heterocycles. The summed E-state index contributed by atoms with van der Waals surface area (Å²) in [6.07, 6.45) is 10.5. The Bertz CT molecular complexity index is 1970. The van der Waals surface area contributed by atoms with Gasteiger partial charge in [0.15, 0.2) is 12.1 Å². The van der Waals surface area contributed by atoms with Gasteiger partial charge in [-0.25, -0.2) is 18.2 Å². The molecule has 8 rings (SSSR count). The number of pyridine rings is 1. The smallest absolute Gasteiger partial charge is 0.319 e. The van der Waals surface area contributed by atoms with Crippen LogP contribution in [0.3, 0.4) is 0 Å². The number of halogens is 3. The van der Waals surface area contributed by atoms with E-state index in [9.17, 15) is 13.9 Å². The summed E-state index contributed by atoms with van der Waals surface area (Å²) in [5.41, 5.74) is 0.868. The molecular weight excluding hydrogens is 629 g/mol. The maximum absolute atomic E-state index is 17.0. The fourth-order valence-electron chi connectivity index (χ4n) is 7.77. The minimum absolute atomic E-state index is 0.00371. The van der Waals surface area contributed by atoms with Crippen molar-refractivity contribution in [2.45, 2.75) is 78.2 Å². The molecule has 258 valence electrons. The number of benzene rings is 2. The second-order valence-corrected chi connectivity index (χ2v) is 12.5. The first-order valence-electron chi connectivity index (χ1n) is 17.3. The van der Waals surface area contributed by atoms with E-state index in [1.54, 1.807) is 0 Å². The topological polar surface area (TPSA) is 86.6 Å². The summed E-state index contributed by atoms with van der Waals surface area (Å²) in [6.45, 7) is 12.5. The molecule has 0 aliphatic carbocycles. The Morgan fingerprint density at radius 3 is 2.49 bits per heavy atom. The van der Waals surface area contributed by atoms with E-state index in [1.807, 2.05) is 45.6 Å². The van der Waals surface area contributed by atoms with Crippen LogP contribution in [0.2, 0.25) is 0 Å². The van der Waals surface area contributed by atoms with Crippen molar-refractivity contribution in [3.8, 4) is 35.4 Å². The van der Waals surface area contributed by atoms with Gasteiger partial charge in [-0.05, 0) is 74.9 Å². The van der Waals surface area contributed by atoms with Crippen LogP contribution in [0.5, 0.6) is 11.8 Å². The predicted molar refractivity (Wildman–Crippen MR) is 188 cm³/mol. The molecular formula is C38H43F3N6O2. The lowest BCUT2D eigenvalue weighted by Crippen LogP contribution is -2.54. The van der Waals surface area contributed by atoms with Crippen LogP contribution in [-0.2, 0) is 0 Å². The molecule has 0 spiro atoms. The van der Waals surface area contributed by atoms with Crippen LogP contribution in [0.1, 0.15) is 71.6 Å². The zero-order valence-electron chi connectivity index (χ0n) is 28.7. The van der Waals surface area contributed by atoms with E-state index in [0.717, 1.165) is 38.8 Å². The Morgan fingerprint density at radius 2 is 1.78 bits per heavy atom. The Hall–Kier alpha value is -4.40. The average molecular weight is 673 g/mol. The minimum Gasteiger partial charge on any atom is -0.508 e. The quantitative estimate of drug-likeness (QED) is 0.172. The van der Waals surface area contributed by atoms with E-state index in [1.165, 1.54) is 24.3 Å². The van der Waals surface area contributed by atoms with E-state index >= 15 is 4.39 Å². The molecule has 0 radical (unpaired) electrons. The lowest BCUT2D eigenvalue weighted by molar-refractivity contribution is 0.108. The van der Waals surface area contributed by atoms with Gasteiger partial charge in [0.1, 0.15) is 35.2 Å². The van der Waals surface area contributed by atoms with E-state index in [2.05, 4.69) is 21.1 Å². The molecule has 4 aliphatic rings. The third-order valence-corrected chi connectivity index (χ3v) is 9.87. The monoisotopic (exact) mass is 672 g/mol. The Balaban J connectivity index is 0.00000101. The highest BCUT2D eigenvalue weighted by Crippen LogP contribution is 2.44. The van der Waals surface area contributed by atoms with Crippen LogP contribution in [0.4, 0.5) is 19.0 Å². The highest BCUT2D eigenvalue weighted by atomic mass is 19.1. The molecule has 2 aromatic heterocycles. The van der Waals surface area contributed by atoms with Crippen molar-refractivity contribution >= 4 is 33.1 Å². The number of allylic oxidation sites excluding steroid dienone is 1. The summed E-state index contributed by atoms with van der Waals surface area (Å²) in [4.78, 5) is 18.5. The Morgan fingerprint density at radius 1 is 1.04 bits per heavy atom. The van der Waals surface area contributed by atoms with Gasteiger partial charge < -0.3 is 14.7 Å². The molecule has 2 unspecified atom stereocenters. The van der Waals surface area contributed by atoms with Gasteiger partial charge in [0.25, 0.3) is 0 Å². The second kappa shape index (κ2) is 13.8. The number of ether oxygens (including phenoxy) is 1. The lowest BCUT2D eigenvalue weighted by Gasteiger charge is -2.37. The summed E-state index contributed by atoms with van der Waals surface area (Å²) in [7, 11) is 0. The number of nitrogens with zero attached hydrogens (tertiary/aromatic N) is 5. The van der Waals surface area contributed by atoms with Gasteiger partial charge in [0, 0.05) is 17.5 Å². The van der Waals surface area contributed by atoms with Crippen LogP contribution in [0.15, 0.2) is 30.3 Å². The zero-order chi connectivity index (χ0) is 35.0. The highest BCUT2D eigenvalue weighted by Gasteiger charge is 2.45. The third kappa shape index (κ3) is 5.85. The molecule has 3 fully saturated rings. The van der Waals surface area contributed by atoms with Crippen molar-refractivity contribution in [2.75, 3.05) is 37.7 Å². The third-order valence-electron chi connectivity index (χ3n) is 9.87. The van der Waals surface area contributed by atoms with Gasteiger partial charge in [-0.1, -0.05) is 45.8 Å². The minimum atomic E-state index is -1.32. The van der Waals surface area contributed by atoms with E-state index in [4.69, 9.17) is 21.1 Å². The average Bonchev–Trinajstić information content (AvgIpc) is 3.67. The largest absolute Gasteiger partial charge is 0.508 e. The first kappa shape index (κ1) is 34.5. The first-order valence-corrected chi connectivity index (χ1v) is 17.3. The molecule has 0 amide bonds. The number of aromatic nitrogens is 3. The number of terminal acetylenes is 1. The number of aromatic hydroxyl groups is 1. The van der Waals surface area contributed by atoms with Crippen molar-refractivity contribution in [1.29, 1.82) is 0 Å². The molecule has 8 nitrogen and oxygen atoms in total. The van der Waals surface area contributed by atoms with Gasteiger partial charge in [0.05, 0.1) is 34.8 Å². The SMILES string of the molecule is C#Cc1c(F)ccc2cc(O)cc(-c3nc4c5c(nc(OCC67CCCN6CCC7)nc5c3F)N3CC(F)NCC3C=C4C)c12.CC.CC. The molecule has 4 aliphatic heterocycles. The maximum atomic E-state index is 17.0. The number of hydrogen-bond acceptors (Lipinski definition) is 8. The Labute approximate surface area is 285 Å². The molecule has 11 heteroatoms. The maximum Gasteiger partial charge on any atom is 0.319 e. The second-order valence-electron chi connectivity index (χ2n) is 12.5. The molecule has 0 bridgehead atoms. The highest BCUT2D eigenvalue weighted by molar-refractivity contribution is 6.05. The summed E-state index contributed by atoms with van der Waals surface area (Å²) < 4.78 is 53.0. The summed E-state index contributed by atoms with van der Waals surface area (Å²) >= 11 is 0. The van der Waals surface area contributed by atoms with Crippen molar-refractivity contribution in [1.82, 2.24) is 25.2 Å². The van der Waals surface area contributed by atoms with E-state index in [0.29, 0.717) is 41.0 Å². The van der Waals surface area contributed by atoms with Gasteiger partial charge in [0.2, 0.25) is 0 Å². The molecule has 2 atom stereocenters. The molecule has 0 saturated carbocycles. The Kier molecular flexibility index (Phi) is 9.74. The first-order chi connectivity index (χ1) is 23.8. The lowest BCUT2D eigenvalue weighted by atomic mass is 9.95. The van der Waals surface area contributed by atoms with E-state index < -0.39 is 17.9 Å². The number of alkyl halides is 1. The number of phenols is 1. The summed E-state index contributed by atoms with van der Waals surface area (Å²) in [5, 5.41) is 14.5. The molecule has 49 heavy (non-hydrogen) atoms. The number of rotatable bonds is 4. The molecule has 4 aromatic rings. The summed E-state index contributed by atoms with van der Waals surface area (Å²) in [5.74, 6) is 1.11. The van der Waals surface area contributed by atoms with Crippen LogP contribution in [0, 0.1) is 24.0 Å². The van der Waals surface area contributed by atoms with Gasteiger partial charge >= 0.3 is 6.01 Å². The van der Waals surface area contributed by atoms with Crippen LogP contribution >= 0.6 is 0 Å². The van der Waals surface area contributed by atoms with Crippen LogP contribution in [0.25, 0.3) is 38.5 Å². The van der Waals surface area contributed by atoms with Gasteiger partial charge in [-0.15, -0.1) is 6.42 Å². The van der Waals surface area contributed by atoms with Crippen molar-refractivity contribution in [3.63, 3.8) is 0 Å². The van der Waals surface area contributed by atoms with Crippen molar-refractivity contribution in [2.24, 2.45) is 0 Å². The number of hydrogen-bond donors (Lipinski definition) is 2. The van der Waals surface area contributed by atoms with Crippen molar-refractivity contribution < 1.29 is 23.0 Å². The molecule has 3 saturated heterocycles. The van der Waals surface area contributed by atoms with Crippen LogP contribution in [-0.4, -0.2) is 75.6 Å². The zero-order valence-corrected chi connectivity index (χ0v) is 28.7. The number of piperazine rings is 1. The van der Waals surface area contributed by atoms with Gasteiger partial charge in [-0.2, -0.15) is 9.97 Å². The number of anilines is 1. The number of nitrogens with one attached hydrogen (secondary N) is 1. The van der Waals surface area contributed by atoms with Crippen LogP contribution < -0.4 is 15.0 Å². The van der Waals surface area contributed by atoms with E-state index in [-0.39, 0.29) is 57.6 Å². The van der Waals surface area contributed by atoms with Gasteiger partial charge in [-0.3, -0.25) is 10.2 Å². The fourth-order valence-corrected chi connectivity index (χ4v) is 7.77. The number of fused-ring (bicyclic) bond motifs is 4. The predicted octanol–water partition coefficient (Wildman–Crippen LogP) is 7.36. The molecule has 2 N–H and O–H groups in total. The molecule has 2 aromatic carbocycles.